The van der Waals surface area contributed by atoms with Crippen LogP contribution in [0.2, 0.25) is 5.02 Å². The van der Waals surface area contributed by atoms with Crippen LogP contribution in [0.3, 0.4) is 0 Å². The van der Waals surface area contributed by atoms with Crippen LogP contribution in [0.1, 0.15) is 26.7 Å². The minimum absolute atomic E-state index is 0.0651. The minimum atomic E-state index is -0.323. The Labute approximate surface area is 158 Å². The van der Waals surface area contributed by atoms with Gasteiger partial charge in [-0.1, -0.05) is 35.9 Å². The Morgan fingerprint density at radius 2 is 1.92 bits per heavy atom. The smallest absolute Gasteiger partial charge is 0.317 e. The van der Waals surface area contributed by atoms with Crippen molar-refractivity contribution < 1.29 is 14.3 Å². The number of fused-ring (bicyclic) bond motifs is 1. The number of urea groups is 1. The molecule has 1 unspecified atom stereocenters. The van der Waals surface area contributed by atoms with E-state index in [0.29, 0.717) is 23.9 Å². The molecule has 1 atom stereocenters. The lowest BCUT2D eigenvalue weighted by molar-refractivity contribution is -0.140. The Kier molecular flexibility index (Phi) is 5.67. The van der Waals surface area contributed by atoms with E-state index in [2.05, 4.69) is 5.32 Å². The molecule has 0 saturated carbocycles. The second-order valence-electron chi connectivity index (χ2n) is 6.90. The average molecular weight is 375 g/mol. The Balaban J connectivity index is 1.72. The zero-order valence-electron chi connectivity index (χ0n) is 15.0. The van der Waals surface area contributed by atoms with E-state index in [4.69, 9.17) is 16.3 Å². The molecule has 1 saturated heterocycles. The van der Waals surface area contributed by atoms with E-state index in [1.807, 2.05) is 38.1 Å². The molecule has 0 spiro atoms. The minimum Gasteiger partial charge on any atom is -0.426 e. The molecule has 1 fully saturated rings. The number of amides is 2. The molecule has 138 valence electrons. The van der Waals surface area contributed by atoms with Crippen molar-refractivity contribution in [1.29, 1.82) is 0 Å². The van der Waals surface area contributed by atoms with E-state index in [9.17, 15) is 9.59 Å². The van der Waals surface area contributed by atoms with E-state index in [-0.39, 0.29) is 24.0 Å². The van der Waals surface area contributed by atoms with Gasteiger partial charge in [0.25, 0.3) is 0 Å². The maximum Gasteiger partial charge on any atom is 0.317 e. The van der Waals surface area contributed by atoms with E-state index < -0.39 is 0 Å². The Bertz CT molecular complexity index is 822. The molecular weight excluding hydrogens is 352 g/mol. The van der Waals surface area contributed by atoms with Crippen LogP contribution >= 0.6 is 11.6 Å². The summed E-state index contributed by atoms with van der Waals surface area (Å²) in [6.45, 7) is 4.87. The van der Waals surface area contributed by atoms with Gasteiger partial charge in [-0.25, -0.2) is 4.79 Å². The molecule has 0 radical (unpaired) electrons. The number of nitrogens with one attached hydrogen (secondary N) is 1. The maximum absolute atomic E-state index is 12.7. The summed E-state index contributed by atoms with van der Waals surface area (Å²) in [6, 6.07) is 10.9. The van der Waals surface area contributed by atoms with E-state index >= 15 is 0 Å². The number of piperidine rings is 1. The highest BCUT2D eigenvalue weighted by atomic mass is 35.5. The highest BCUT2D eigenvalue weighted by molar-refractivity contribution is 6.35. The highest BCUT2D eigenvalue weighted by Gasteiger charge is 2.30. The third-order valence-corrected chi connectivity index (χ3v) is 4.83. The number of halogens is 1. The third kappa shape index (κ3) is 4.10. The fraction of sp³-hybridized carbons (Fsp3) is 0.400. The number of carbonyl (C=O) groups excluding carboxylic acids is 2. The van der Waals surface area contributed by atoms with Gasteiger partial charge in [0.2, 0.25) is 0 Å². The molecule has 0 bridgehead atoms. The van der Waals surface area contributed by atoms with Gasteiger partial charge in [0, 0.05) is 34.9 Å². The number of benzene rings is 2. The molecule has 2 aromatic rings. The molecule has 1 aliphatic heterocycles. The monoisotopic (exact) mass is 374 g/mol. The molecule has 5 nitrogen and oxygen atoms in total. The molecule has 26 heavy (non-hydrogen) atoms. The van der Waals surface area contributed by atoms with Gasteiger partial charge in [-0.15, -0.1) is 0 Å². The number of likely N-dealkylation sites (tertiary alicyclic amines) is 1. The maximum atomic E-state index is 12.7. The van der Waals surface area contributed by atoms with Crippen molar-refractivity contribution in [3.8, 4) is 5.75 Å². The van der Waals surface area contributed by atoms with Crippen molar-refractivity contribution in [3.63, 3.8) is 0 Å². The molecule has 1 heterocycles. The van der Waals surface area contributed by atoms with E-state index in [1.165, 1.54) is 0 Å². The van der Waals surface area contributed by atoms with Crippen LogP contribution < -0.4 is 10.1 Å². The van der Waals surface area contributed by atoms with Gasteiger partial charge in [-0.3, -0.25) is 4.79 Å². The van der Waals surface area contributed by atoms with Gasteiger partial charge in [0.05, 0.1) is 5.92 Å². The Morgan fingerprint density at radius 3 is 2.65 bits per heavy atom. The molecule has 2 aromatic carbocycles. The number of rotatable bonds is 3. The Morgan fingerprint density at radius 1 is 1.19 bits per heavy atom. The van der Waals surface area contributed by atoms with Crippen molar-refractivity contribution in [2.75, 3.05) is 13.1 Å². The molecular formula is C20H23ClN2O3. The topological polar surface area (TPSA) is 58.6 Å². The van der Waals surface area contributed by atoms with Crippen LogP contribution in [0.15, 0.2) is 36.4 Å². The van der Waals surface area contributed by atoms with Crippen LogP contribution in [0, 0.1) is 5.92 Å². The van der Waals surface area contributed by atoms with Crippen molar-refractivity contribution in [1.82, 2.24) is 10.2 Å². The largest absolute Gasteiger partial charge is 0.426 e. The van der Waals surface area contributed by atoms with Gasteiger partial charge in [-0.2, -0.15) is 0 Å². The fourth-order valence-electron chi connectivity index (χ4n) is 3.21. The SMILES string of the molecule is CC(C)NC(=O)N1CCCC(C(=O)Oc2ccc(Cl)c3ccccc23)C1. The zero-order valence-corrected chi connectivity index (χ0v) is 15.8. The van der Waals surface area contributed by atoms with Crippen LogP contribution in [0.4, 0.5) is 4.79 Å². The first-order valence-electron chi connectivity index (χ1n) is 8.90. The lowest BCUT2D eigenvalue weighted by Crippen LogP contribution is -2.49. The normalized spacial score (nSPS) is 17.4. The molecule has 1 N–H and O–H groups in total. The summed E-state index contributed by atoms with van der Waals surface area (Å²) in [7, 11) is 0. The van der Waals surface area contributed by atoms with Gasteiger partial charge in [0.15, 0.2) is 0 Å². The number of hydrogen-bond acceptors (Lipinski definition) is 3. The first kappa shape index (κ1) is 18.5. The van der Waals surface area contributed by atoms with Crippen molar-refractivity contribution in [3.05, 3.63) is 41.4 Å². The van der Waals surface area contributed by atoms with Gasteiger partial charge < -0.3 is 15.0 Å². The van der Waals surface area contributed by atoms with Crippen molar-refractivity contribution in [2.24, 2.45) is 5.92 Å². The second-order valence-corrected chi connectivity index (χ2v) is 7.31. The van der Waals surface area contributed by atoms with Crippen LogP contribution in [0.5, 0.6) is 5.75 Å². The molecule has 3 rings (SSSR count). The third-order valence-electron chi connectivity index (χ3n) is 4.50. The quantitative estimate of drug-likeness (QED) is 0.646. The summed E-state index contributed by atoms with van der Waals surface area (Å²) in [5.41, 5.74) is 0. The number of esters is 1. The number of nitrogens with zero attached hydrogens (tertiary/aromatic N) is 1. The standard InChI is InChI=1S/C20H23ClN2O3/c1-13(2)22-20(25)23-11-5-6-14(12-23)19(24)26-18-10-9-17(21)15-7-3-4-8-16(15)18/h3-4,7-10,13-14H,5-6,11-12H2,1-2H3,(H,22,25). The molecule has 0 aliphatic carbocycles. The molecule has 0 aromatic heterocycles. The van der Waals surface area contributed by atoms with Gasteiger partial charge in [-0.05, 0) is 38.8 Å². The zero-order chi connectivity index (χ0) is 18.7. The number of ether oxygens (including phenoxy) is 1. The van der Waals surface area contributed by atoms with Crippen molar-refractivity contribution >= 4 is 34.4 Å². The predicted octanol–water partition coefficient (Wildman–Crippen LogP) is 4.23. The predicted molar refractivity (Wildman–Crippen MR) is 103 cm³/mol. The van der Waals surface area contributed by atoms with E-state index in [0.717, 1.165) is 23.6 Å². The van der Waals surface area contributed by atoms with Gasteiger partial charge in [0.1, 0.15) is 5.75 Å². The van der Waals surface area contributed by atoms with Crippen LogP contribution in [0.25, 0.3) is 10.8 Å². The second kappa shape index (κ2) is 7.96. The lowest BCUT2D eigenvalue weighted by atomic mass is 9.98. The summed E-state index contributed by atoms with van der Waals surface area (Å²) in [6.07, 6.45) is 1.50. The summed E-state index contributed by atoms with van der Waals surface area (Å²) >= 11 is 6.22. The van der Waals surface area contributed by atoms with Gasteiger partial charge >= 0.3 is 12.0 Å². The van der Waals surface area contributed by atoms with Crippen LogP contribution in [-0.4, -0.2) is 36.0 Å². The first-order valence-corrected chi connectivity index (χ1v) is 9.28. The molecule has 2 amide bonds. The number of hydrogen-bond donors (Lipinski definition) is 1. The highest BCUT2D eigenvalue weighted by Crippen LogP contribution is 2.32. The average Bonchev–Trinajstić information content (AvgIpc) is 2.64. The molecule has 6 heteroatoms. The molecule has 1 aliphatic rings. The summed E-state index contributed by atoms with van der Waals surface area (Å²) < 4.78 is 5.68. The summed E-state index contributed by atoms with van der Waals surface area (Å²) in [5, 5.41) is 5.14. The Hall–Kier alpha value is -2.27. The van der Waals surface area contributed by atoms with E-state index in [1.54, 1.807) is 17.0 Å². The fourth-order valence-corrected chi connectivity index (χ4v) is 3.44. The van der Waals surface area contributed by atoms with Crippen LogP contribution in [-0.2, 0) is 4.79 Å². The lowest BCUT2D eigenvalue weighted by Gasteiger charge is -2.32. The summed E-state index contributed by atoms with van der Waals surface area (Å²) in [5.74, 6) is -0.130. The first-order chi connectivity index (χ1) is 12.5. The summed E-state index contributed by atoms with van der Waals surface area (Å²) in [4.78, 5) is 26.6. The number of carbonyl (C=O) groups is 2. The van der Waals surface area contributed by atoms with Crippen molar-refractivity contribution in [2.45, 2.75) is 32.7 Å².